The molecule has 134 valence electrons. The fourth-order valence-electron chi connectivity index (χ4n) is 1.73. The van der Waals surface area contributed by atoms with Gasteiger partial charge in [0.05, 0.1) is 14.2 Å². The minimum atomic E-state index is -4.88. The van der Waals surface area contributed by atoms with Crippen LogP contribution in [0.4, 0.5) is 22.0 Å². The third-order valence-electron chi connectivity index (χ3n) is 2.87. The van der Waals surface area contributed by atoms with E-state index in [0.29, 0.717) is 12.1 Å². The topological polar surface area (TPSA) is 70.5 Å². The van der Waals surface area contributed by atoms with Crippen LogP contribution in [0.3, 0.4) is 0 Å². The summed E-state index contributed by atoms with van der Waals surface area (Å²) in [5.74, 6) is -5.73. The van der Waals surface area contributed by atoms with Crippen molar-refractivity contribution in [2.75, 3.05) is 14.2 Å². The average molecular weight is 364 g/mol. The second kappa shape index (κ2) is 6.87. The highest BCUT2D eigenvalue weighted by Crippen LogP contribution is 2.37. The van der Waals surface area contributed by atoms with Crippen molar-refractivity contribution < 1.29 is 41.0 Å². The fourth-order valence-corrected chi connectivity index (χ4v) is 1.73. The maximum Gasteiger partial charge on any atom is 0.435 e. The van der Waals surface area contributed by atoms with E-state index < -0.39 is 52.4 Å². The number of carbonyl (C=O) groups is 1. The molecule has 1 heterocycles. The maximum absolute atomic E-state index is 13.7. The highest BCUT2D eigenvalue weighted by atomic mass is 19.4. The number of nitrogens with zero attached hydrogens (tertiary/aromatic N) is 2. The Balaban J connectivity index is 2.57. The second-order valence-corrected chi connectivity index (χ2v) is 4.43. The normalized spacial score (nSPS) is 11.2. The third-order valence-corrected chi connectivity index (χ3v) is 2.87. The van der Waals surface area contributed by atoms with Crippen molar-refractivity contribution in [2.45, 2.75) is 6.18 Å². The first-order chi connectivity index (χ1) is 11.7. The van der Waals surface area contributed by atoms with Crippen LogP contribution in [-0.4, -0.2) is 30.4 Å². The Kier molecular flexibility index (Phi) is 5.04. The molecule has 2 aromatic rings. The molecule has 0 atom stereocenters. The monoisotopic (exact) mass is 364 g/mol. The molecule has 0 saturated carbocycles. The smallest absolute Gasteiger partial charge is 0.435 e. The summed E-state index contributed by atoms with van der Waals surface area (Å²) in [5, 5.41) is 6.00. The van der Waals surface area contributed by atoms with Crippen molar-refractivity contribution in [3.63, 3.8) is 0 Å². The number of benzene rings is 1. The summed E-state index contributed by atoms with van der Waals surface area (Å²) in [6.45, 7) is 0. The van der Waals surface area contributed by atoms with Crippen LogP contribution in [0, 0.1) is 11.6 Å². The number of esters is 1. The van der Waals surface area contributed by atoms with Gasteiger partial charge >= 0.3 is 12.1 Å². The van der Waals surface area contributed by atoms with Gasteiger partial charge in [0.1, 0.15) is 0 Å². The minimum absolute atomic E-state index is 0.375. The summed E-state index contributed by atoms with van der Waals surface area (Å²) in [4.78, 5) is 11.6. The van der Waals surface area contributed by atoms with Gasteiger partial charge in [-0.15, -0.1) is 10.2 Å². The van der Waals surface area contributed by atoms with E-state index in [1.54, 1.807) is 0 Å². The molecule has 0 bridgehead atoms. The van der Waals surface area contributed by atoms with Crippen molar-refractivity contribution in [1.82, 2.24) is 10.2 Å². The zero-order valence-corrected chi connectivity index (χ0v) is 12.6. The number of halogens is 5. The molecule has 0 saturated heterocycles. The summed E-state index contributed by atoms with van der Waals surface area (Å²) < 4.78 is 79.3. The quantitative estimate of drug-likeness (QED) is 0.612. The number of methoxy groups -OCH3 is 2. The van der Waals surface area contributed by atoms with Crippen LogP contribution in [0.25, 0.3) is 0 Å². The zero-order valence-electron chi connectivity index (χ0n) is 12.6. The molecule has 0 unspecified atom stereocenters. The number of alkyl halides is 3. The summed E-state index contributed by atoms with van der Waals surface area (Å²) >= 11 is 0. The molecule has 0 fully saturated rings. The lowest BCUT2D eigenvalue weighted by molar-refractivity contribution is -0.141. The molecule has 0 radical (unpaired) electrons. The van der Waals surface area contributed by atoms with Gasteiger partial charge in [0.15, 0.2) is 23.0 Å². The molecule has 25 heavy (non-hydrogen) atoms. The standard InChI is InChI=1S/C14H9F5N2O4/c1-23-12-7(4-3-6(15)10(12)16)25-8-5-9(14(17,18)19)20-21-11(8)13(22)24-2/h3-5H,1-2H3. The molecule has 2 rings (SSSR count). The first kappa shape index (κ1) is 18.4. The average Bonchev–Trinajstić information content (AvgIpc) is 2.57. The first-order valence-corrected chi connectivity index (χ1v) is 6.42. The van der Waals surface area contributed by atoms with E-state index in [2.05, 4.69) is 19.7 Å². The SMILES string of the molecule is COC(=O)c1nnc(C(F)(F)F)cc1Oc1ccc(F)c(F)c1OC. The summed E-state index contributed by atoms with van der Waals surface area (Å²) in [7, 11) is 1.96. The van der Waals surface area contributed by atoms with E-state index in [9.17, 15) is 26.7 Å². The van der Waals surface area contributed by atoms with Crippen LogP contribution in [-0.2, 0) is 10.9 Å². The lowest BCUT2D eigenvalue weighted by Crippen LogP contribution is -2.14. The van der Waals surface area contributed by atoms with Crippen molar-refractivity contribution in [2.24, 2.45) is 0 Å². The van der Waals surface area contributed by atoms with Gasteiger partial charge in [-0.05, 0) is 12.1 Å². The maximum atomic E-state index is 13.7. The van der Waals surface area contributed by atoms with Gasteiger partial charge in [0, 0.05) is 6.07 Å². The Morgan fingerprint density at radius 1 is 1.08 bits per heavy atom. The highest BCUT2D eigenvalue weighted by Gasteiger charge is 2.35. The van der Waals surface area contributed by atoms with E-state index in [-0.39, 0.29) is 0 Å². The zero-order chi connectivity index (χ0) is 18.8. The Labute approximate surface area is 137 Å². The molecule has 0 spiro atoms. The van der Waals surface area contributed by atoms with E-state index in [0.717, 1.165) is 20.3 Å². The van der Waals surface area contributed by atoms with Crippen LogP contribution in [0.2, 0.25) is 0 Å². The predicted octanol–water partition coefficient (Wildman–Crippen LogP) is 3.36. The van der Waals surface area contributed by atoms with Crippen LogP contribution in [0.5, 0.6) is 17.2 Å². The number of ether oxygens (including phenoxy) is 3. The molecule has 0 aliphatic heterocycles. The minimum Gasteiger partial charge on any atom is -0.490 e. The summed E-state index contributed by atoms with van der Waals surface area (Å²) in [6, 6.07) is 1.95. The Bertz CT molecular complexity index is 811. The van der Waals surface area contributed by atoms with Gasteiger partial charge < -0.3 is 14.2 Å². The van der Waals surface area contributed by atoms with Crippen LogP contribution in [0.15, 0.2) is 18.2 Å². The Morgan fingerprint density at radius 2 is 1.76 bits per heavy atom. The molecular weight excluding hydrogens is 355 g/mol. The van der Waals surface area contributed by atoms with E-state index in [4.69, 9.17) is 4.74 Å². The van der Waals surface area contributed by atoms with E-state index >= 15 is 0 Å². The van der Waals surface area contributed by atoms with Gasteiger partial charge in [-0.3, -0.25) is 0 Å². The molecule has 1 aromatic heterocycles. The van der Waals surface area contributed by atoms with Crippen LogP contribution in [0.1, 0.15) is 16.2 Å². The first-order valence-electron chi connectivity index (χ1n) is 6.42. The fraction of sp³-hybridized carbons (Fsp3) is 0.214. The largest absolute Gasteiger partial charge is 0.490 e. The molecule has 0 aliphatic carbocycles. The Hall–Kier alpha value is -2.98. The molecule has 0 aliphatic rings. The van der Waals surface area contributed by atoms with E-state index in [1.807, 2.05) is 0 Å². The van der Waals surface area contributed by atoms with E-state index in [1.165, 1.54) is 0 Å². The van der Waals surface area contributed by atoms with Crippen molar-refractivity contribution in [3.05, 3.63) is 41.2 Å². The van der Waals surface area contributed by atoms with Crippen molar-refractivity contribution in [1.29, 1.82) is 0 Å². The van der Waals surface area contributed by atoms with Gasteiger partial charge in [-0.25, -0.2) is 9.18 Å². The Morgan fingerprint density at radius 3 is 2.32 bits per heavy atom. The molecule has 0 amide bonds. The van der Waals surface area contributed by atoms with Gasteiger partial charge in [-0.2, -0.15) is 17.6 Å². The lowest BCUT2D eigenvalue weighted by Gasteiger charge is -2.14. The number of rotatable bonds is 4. The van der Waals surface area contributed by atoms with Crippen molar-refractivity contribution in [3.8, 4) is 17.2 Å². The summed E-state index contributed by atoms with van der Waals surface area (Å²) in [6.07, 6.45) is -4.88. The molecule has 11 heteroatoms. The predicted molar refractivity (Wildman–Crippen MR) is 71.4 cm³/mol. The third kappa shape index (κ3) is 3.75. The van der Waals surface area contributed by atoms with Gasteiger partial charge in [-0.1, -0.05) is 0 Å². The summed E-state index contributed by atoms with van der Waals surface area (Å²) in [5.41, 5.74) is -2.15. The molecule has 1 aromatic carbocycles. The van der Waals surface area contributed by atoms with Crippen LogP contribution >= 0.6 is 0 Å². The van der Waals surface area contributed by atoms with Crippen molar-refractivity contribution >= 4 is 5.97 Å². The van der Waals surface area contributed by atoms with Gasteiger partial charge in [0.25, 0.3) is 0 Å². The number of aromatic nitrogens is 2. The van der Waals surface area contributed by atoms with Crippen LogP contribution < -0.4 is 9.47 Å². The number of hydrogen-bond acceptors (Lipinski definition) is 6. The number of carbonyl (C=O) groups excluding carboxylic acids is 1. The second-order valence-electron chi connectivity index (χ2n) is 4.43. The number of hydrogen-bond donors (Lipinski definition) is 0. The molecule has 6 nitrogen and oxygen atoms in total. The molecular formula is C14H9F5N2O4. The van der Waals surface area contributed by atoms with Gasteiger partial charge in [0.2, 0.25) is 17.3 Å². The molecule has 0 N–H and O–H groups in total. The highest BCUT2D eigenvalue weighted by molar-refractivity contribution is 5.90. The lowest BCUT2D eigenvalue weighted by atomic mass is 10.2.